The lowest BCUT2D eigenvalue weighted by Crippen LogP contribution is -2.35. The lowest BCUT2D eigenvalue weighted by molar-refractivity contribution is -0.0696. The van der Waals surface area contributed by atoms with Crippen molar-refractivity contribution in [3.63, 3.8) is 0 Å². The van der Waals surface area contributed by atoms with E-state index in [1.54, 1.807) is 0 Å². The third-order valence-electron chi connectivity index (χ3n) is 4.78. The van der Waals surface area contributed by atoms with Gasteiger partial charge in [-0.25, -0.2) is 0 Å². The number of nitrogens with two attached hydrogens (primary N) is 1. The zero-order valence-electron chi connectivity index (χ0n) is 13.5. The normalized spacial score (nSPS) is 27.8. The molecular formula is C18H29NO2. The van der Waals surface area contributed by atoms with Crippen LogP contribution in [-0.4, -0.2) is 17.8 Å². The van der Waals surface area contributed by atoms with Crippen molar-refractivity contribution < 1.29 is 9.84 Å². The Bertz CT molecular complexity index is 447. The van der Waals surface area contributed by atoms with Gasteiger partial charge in [0, 0.05) is 11.3 Å². The summed E-state index contributed by atoms with van der Waals surface area (Å²) in [6.45, 7) is 7.15. The van der Waals surface area contributed by atoms with Crippen LogP contribution >= 0.6 is 0 Å². The van der Waals surface area contributed by atoms with Gasteiger partial charge in [-0.2, -0.15) is 0 Å². The Balaban J connectivity index is 1.95. The summed E-state index contributed by atoms with van der Waals surface area (Å²) in [6, 6.07) is 7.46. The summed E-state index contributed by atoms with van der Waals surface area (Å²) in [5.41, 5.74) is 7.31. The first-order valence-corrected chi connectivity index (χ1v) is 8.13. The van der Waals surface area contributed by atoms with Gasteiger partial charge in [0.25, 0.3) is 0 Å². The average Bonchev–Trinajstić information content (AvgIpc) is 2.45. The van der Waals surface area contributed by atoms with Gasteiger partial charge in [-0.1, -0.05) is 45.4 Å². The van der Waals surface area contributed by atoms with E-state index in [1.807, 2.05) is 24.3 Å². The van der Waals surface area contributed by atoms with Gasteiger partial charge in [0.2, 0.25) is 0 Å². The maximum atomic E-state index is 10.3. The summed E-state index contributed by atoms with van der Waals surface area (Å²) >= 11 is 0. The summed E-state index contributed by atoms with van der Waals surface area (Å²) in [7, 11) is 0. The number of aliphatic hydroxyl groups excluding tert-OH is 1. The smallest absolute Gasteiger partial charge is 0.104 e. The molecule has 1 aliphatic rings. The summed E-state index contributed by atoms with van der Waals surface area (Å²) < 4.78 is 6.09. The molecule has 0 heterocycles. The van der Waals surface area contributed by atoms with E-state index in [9.17, 15) is 5.11 Å². The summed E-state index contributed by atoms with van der Waals surface area (Å²) in [6.07, 6.45) is 3.23. The van der Waals surface area contributed by atoms with Gasteiger partial charge < -0.3 is 15.6 Å². The molecule has 0 bridgehead atoms. The van der Waals surface area contributed by atoms with Crippen LogP contribution in [0.2, 0.25) is 0 Å². The Morgan fingerprint density at radius 2 is 2.00 bits per heavy atom. The minimum atomic E-state index is -0.642. The second kappa shape index (κ2) is 7.28. The van der Waals surface area contributed by atoms with E-state index in [1.165, 1.54) is 12.8 Å². The summed E-state index contributed by atoms with van der Waals surface area (Å²) in [4.78, 5) is 0. The van der Waals surface area contributed by atoms with Crippen LogP contribution in [0.1, 0.15) is 51.7 Å². The number of benzene rings is 1. The van der Waals surface area contributed by atoms with E-state index in [0.717, 1.165) is 12.0 Å². The van der Waals surface area contributed by atoms with Crippen molar-refractivity contribution in [1.82, 2.24) is 0 Å². The molecule has 1 aliphatic carbocycles. The predicted molar refractivity (Wildman–Crippen MR) is 86.9 cm³/mol. The first kappa shape index (κ1) is 16.3. The fourth-order valence-corrected chi connectivity index (χ4v) is 3.43. The standard InChI is InChI=1S/C18H29NO2/c1-12(2)14-9-8-13(3)10-18(14)21-11-17(20)15-6-4-5-7-16(15)19/h4-7,12-14,17-18,20H,8-11,19H2,1-3H3. The molecule has 2 rings (SSSR count). The number of nitrogen functional groups attached to an aromatic ring is 1. The number of rotatable bonds is 5. The molecule has 1 saturated carbocycles. The van der Waals surface area contributed by atoms with Gasteiger partial charge in [0.15, 0.2) is 0 Å². The fraction of sp³-hybridized carbons (Fsp3) is 0.667. The van der Waals surface area contributed by atoms with E-state index < -0.39 is 6.10 Å². The number of aliphatic hydroxyl groups is 1. The van der Waals surface area contributed by atoms with Gasteiger partial charge in [0.05, 0.1) is 12.7 Å². The third-order valence-corrected chi connectivity index (χ3v) is 4.78. The van der Waals surface area contributed by atoms with Crippen LogP contribution in [0.4, 0.5) is 5.69 Å². The van der Waals surface area contributed by atoms with Crippen molar-refractivity contribution in [2.45, 2.75) is 52.2 Å². The Kier molecular flexibility index (Phi) is 5.65. The van der Waals surface area contributed by atoms with E-state index in [4.69, 9.17) is 10.5 Å². The molecule has 0 spiro atoms. The molecule has 0 radical (unpaired) electrons. The minimum Gasteiger partial charge on any atom is -0.398 e. The highest BCUT2D eigenvalue weighted by Crippen LogP contribution is 2.36. The molecule has 21 heavy (non-hydrogen) atoms. The summed E-state index contributed by atoms with van der Waals surface area (Å²) in [5.74, 6) is 1.94. The average molecular weight is 291 g/mol. The van der Waals surface area contributed by atoms with Crippen LogP contribution in [0.3, 0.4) is 0 Å². The predicted octanol–water partition coefficient (Wildman–Crippen LogP) is 3.78. The van der Waals surface area contributed by atoms with Crippen molar-refractivity contribution in [2.75, 3.05) is 12.3 Å². The Labute approximate surface area is 128 Å². The zero-order chi connectivity index (χ0) is 15.4. The third kappa shape index (κ3) is 4.21. The largest absolute Gasteiger partial charge is 0.398 e. The first-order chi connectivity index (χ1) is 9.99. The van der Waals surface area contributed by atoms with Crippen LogP contribution in [-0.2, 0) is 4.74 Å². The van der Waals surface area contributed by atoms with Crippen LogP contribution < -0.4 is 5.73 Å². The maximum Gasteiger partial charge on any atom is 0.104 e. The molecule has 0 aliphatic heterocycles. The maximum absolute atomic E-state index is 10.3. The number of hydrogen-bond acceptors (Lipinski definition) is 3. The number of para-hydroxylation sites is 1. The molecule has 4 unspecified atom stereocenters. The van der Waals surface area contributed by atoms with Crippen LogP contribution in [0.5, 0.6) is 0 Å². The van der Waals surface area contributed by atoms with Gasteiger partial charge >= 0.3 is 0 Å². The first-order valence-electron chi connectivity index (χ1n) is 8.13. The Hall–Kier alpha value is -1.06. The van der Waals surface area contributed by atoms with Crippen LogP contribution in [0.15, 0.2) is 24.3 Å². The highest BCUT2D eigenvalue weighted by atomic mass is 16.5. The fourth-order valence-electron chi connectivity index (χ4n) is 3.43. The van der Waals surface area contributed by atoms with E-state index >= 15 is 0 Å². The SMILES string of the molecule is CC1CCC(C(C)C)C(OCC(O)c2ccccc2N)C1. The van der Waals surface area contributed by atoms with E-state index in [2.05, 4.69) is 20.8 Å². The molecule has 1 aromatic rings. The van der Waals surface area contributed by atoms with Crippen molar-refractivity contribution in [2.24, 2.45) is 17.8 Å². The number of ether oxygens (including phenoxy) is 1. The topological polar surface area (TPSA) is 55.5 Å². The molecule has 1 aromatic carbocycles. The highest BCUT2D eigenvalue weighted by Gasteiger charge is 2.31. The quantitative estimate of drug-likeness (QED) is 0.812. The molecule has 3 heteroatoms. The monoisotopic (exact) mass is 291 g/mol. The molecule has 0 saturated heterocycles. The van der Waals surface area contributed by atoms with Crippen molar-refractivity contribution in [3.05, 3.63) is 29.8 Å². The molecule has 118 valence electrons. The molecule has 3 N–H and O–H groups in total. The molecule has 0 aromatic heterocycles. The molecular weight excluding hydrogens is 262 g/mol. The van der Waals surface area contributed by atoms with Crippen molar-refractivity contribution in [1.29, 1.82) is 0 Å². The number of hydrogen-bond donors (Lipinski definition) is 2. The van der Waals surface area contributed by atoms with Crippen molar-refractivity contribution >= 4 is 5.69 Å². The van der Waals surface area contributed by atoms with Gasteiger partial charge in [-0.3, -0.25) is 0 Å². The Morgan fingerprint density at radius 1 is 1.29 bits per heavy atom. The highest BCUT2D eigenvalue weighted by molar-refractivity contribution is 5.47. The van der Waals surface area contributed by atoms with E-state index in [0.29, 0.717) is 30.0 Å². The van der Waals surface area contributed by atoms with Crippen LogP contribution in [0, 0.1) is 17.8 Å². The second-order valence-electron chi connectivity index (χ2n) is 6.84. The molecule has 3 nitrogen and oxygen atoms in total. The molecule has 0 amide bonds. The lowest BCUT2D eigenvalue weighted by atomic mass is 9.75. The number of anilines is 1. The van der Waals surface area contributed by atoms with Crippen LogP contribution in [0.25, 0.3) is 0 Å². The minimum absolute atomic E-state index is 0.258. The second-order valence-corrected chi connectivity index (χ2v) is 6.84. The summed E-state index contributed by atoms with van der Waals surface area (Å²) in [5, 5.41) is 10.3. The van der Waals surface area contributed by atoms with Gasteiger partial charge in [0.1, 0.15) is 6.10 Å². The van der Waals surface area contributed by atoms with Gasteiger partial charge in [-0.15, -0.1) is 0 Å². The molecule has 1 fully saturated rings. The van der Waals surface area contributed by atoms with Crippen molar-refractivity contribution in [3.8, 4) is 0 Å². The van der Waals surface area contributed by atoms with Gasteiger partial charge in [-0.05, 0) is 36.7 Å². The Morgan fingerprint density at radius 3 is 2.67 bits per heavy atom. The zero-order valence-corrected chi connectivity index (χ0v) is 13.5. The lowest BCUT2D eigenvalue weighted by Gasteiger charge is -2.37. The molecule has 4 atom stereocenters. The van der Waals surface area contributed by atoms with E-state index in [-0.39, 0.29) is 6.10 Å².